The fourth-order valence-electron chi connectivity index (χ4n) is 1.76. The second-order valence-electron chi connectivity index (χ2n) is 4.45. The molecule has 0 atom stereocenters. The van der Waals surface area contributed by atoms with Gasteiger partial charge < -0.3 is 15.7 Å². The summed E-state index contributed by atoms with van der Waals surface area (Å²) in [4.78, 5) is 0. The highest BCUT2D eigenvalue weighted by molar-refractivity contribution is 5.97. The van der Waals surface area contributed by atoms with Crippen LogP contribution in [0.4, 0.5) is 4.39 Å². The third-order valence-electron chi connectivity index (χ3n) is 2.77. The second-order valence-corrected chi connectivity index (χ2v) is 4.45. The first-order chi connectivity index (χ1) is 9.17. The first kappa shape index (κ1) is 15.4. The second kappa shape index (κ2) is 8.48. The molecule has 0 aliphatic carbocycles. The van der Waals surface area contributed by atoms with E-state index < -0.39 is 5.82 Å². The molecule has 0 spiro atoms. The lowest BCUT2D eigenvalue weighted by molar-refractivity contribution is 0.116. The van der Waals surface area contributed by atoms with Gasteiger partial charge in [-0.15, -0.1) is 0 Å². The van der Waals surface area contributed by atoms with Gasteiger partial charge in [-0.25, -0.2) is 4.39 Å². The van der Waals surface area contributed by atoms with Crippen molar-refractivity contribution in [1.29, 1.82) is 0 Å². The Labute approximate surface area is 113 Å². The number of nitrogens with zero attached hydrogens (tertiary/aromatic N) is 1. The zero-order chi connectivity index (χ0) is 14.1. The van der Waals surface area contributed by atoms with Gasteiger partial charge >= 0.3 is 0 Å². The molecular weight excluding hydrogens is 247 g/mol. The number of amidine groups is 1. The summed E-state index contributed by atoms with van der Waals surface area (Å²) < 4.78 is 18.8. The number of nitrogens with two attached hydrogens (primary N) is 1. The fraction of sp³-hybridized carbons (Fsp3) is 0.500. The number of hydrogen-bond donors (Lipinski definition) is 2. The summed E-state index contributed by atoms with van der Waals surface area (Å²) in [5.41, 5.74) is 6.47. The first-order valence-electron chi connectivity index (χ1n) is 6.52. The van der Waals surface area contributed by atoms with Crippen LogP contribution in [0.2, 0.25) is 0 Å². The molecule has 19 heavy (non-hydrogen) atoms. The van der Waals surface area contributed by atoms with E-state index in [-0.39, 0.29) is 5.84 Å². The molecule has 0 saturated heterocycles. The lowest BCUT2D eigenvalue weighted by Crippen LogP contribution is -2.14. The van der Waals surface area contributed by atoms with Crippen molar-refractivity contribution in [3.05, 3.63) is 35.1 Å². The Kier molecular flexibility index (Phi) is 6.89. The zero-order valence-electron chi connectivity index (χ0n) is 11.2. The van der Waals surface area contributed by atoms with E-state index in [1.54, 1.807) is 6.07 Å². The number of rotatable bonds is 8. The van der Waals surface area contributed by atoms with Gasteiger partial charge in [0.25, 0.3) is 0 Å². The number of halogens is 1. The van der Waals surface area contributed by atoms with E-state index in [0.29, 0.717) is 24.3 Å². The number of hydrogen-bond acceptors (Lipinski definition) is 3. The largest absolute Gasteiger partial charge is 0.409 e. The summed E-state index contributed by atoms with van der Waals surface area (Å²) in [5, 5.41) is 11.4. The molecule has 0 radical (unpaired) electrons. The third-order valence-corrected chi connectivity index (χ3v) is 2.77. The maximum absolute atomic E-state index is 13.4. The van der Waals surface area contributed by atoms with Gasteiger partial charge in [0.2, 0.25) is 0 Å². The molecule has 0 amide bonds. The molecule has 3 N–H and O–H groups in total. The molecule has 1 rings (SSSR count). The number of oxime groups is 1. The van der Waals surface area contributed by atoms with Crippen molar-refractivity contribution >= 4 is 5.84 Å². The molecule has 1 aromatic carbocycles. The number of ether oxygens (including phenoxy) is 1. The molecule has 106 valence electrons. The van der Waals surface area contributed by atoms with Crippen LogP contribution in [-0.4, -0.2) is 17.6 Å². The SMILES string of the molecule is CCCCCCOCc1cc(F)cc(/C(N)=N/O)c1. The molecular formula is C14H21FN2O2. The van der Waals surface area contributed by atoms with Crippen molar-refractivity contribution in [1.82, 2.24) is 0 Å². The smallest absolute Gasteiger partial charge is 0.170 e. The minimum atomic E-state index is -0.423. The molecule has 0 aliphatic heterocycles. The molecule has 0 bridgehead atoms. The average molecular weight is 268 g/mol. The monoisotopic (exact) mass is 268 g/mol. The van der Waals surface area contributed by atoms with Crippen LogP contribution in [-0.2, 0) is 11.3 Å². The van der Waals surface area contributed by atoms with Gasteiger partial charge in [-0.1, -0.05) is 31.3 Å². The lowest BCUT2D eigenvalue weighted by atomic mass is 10.1. The lowest BCUT2D eigenvalue weighted by Gasteiger charge is -2.07. The standard InChI is InChI=1S/C14H21FN2O2/c1-2-3-4-5-6-19-10-11-7-12(14(16)17-18)9-13(15)8-11/h7-9,18H,2-6,10H2,1H3,(H2,16,17). The molecule has 0 saturated carbocycles. The molecule has 0 aromatic heterocycles. The predicted molar refractivity (Wildman–Crippen MR) is 72.7 cm³/mol. The topological polar surface area (TPSA) is 67.8 Å². The van der Waals surface area contributed by atoms with Crippen molar-refractivity contribution in [2.45, 2.75) is 39.2 Å². The molecule has 0 unspecified atom stereocenters. The number of benzene rings is 1. The van der Waals surface area contributed by atoms with Crippen molar-refractivity contribution < 1.29 is 14.3 Å². The Morgan fingerprint density at radius 3 is 2.79 bits per heavy atom. The summed E-state index contributed by atoms with van der Waals surface area (Å²) in [7, 11) is 0. The van der Waals surface area contributed by atoms with Crippen LogP contribution in [0.25, 0.3) is 0 Å². The zero-order valence-corrected chi connectivity index (χ0v) is 11.2. The van der Waals surface area contributed by atoms with Crippen molar-refractivity contribution in [2.75, 3.05) is 6.61 Å². The number of unbranched alkanes of at least 4 members (excludes halogenated alkanes) is 3. The van der Waals surface area contributed by atoms with Gasteiger partial charge in [-0.3, -0.25) is 0 Å². The molecule has 0 fully saturated rings. The highest BCUT2D eigenvalue weighted by Crippen LogP contribution is 2.11. The van der Waals surface area contributed by atoms with E-state index in [1.807, 2.05) is 0 Å². The molecule has 4 nitrogen and oxygen atoms in total. The van der Waals surface area contributed by atoms with Gasteiger partial charge in [0.05, 0.1) is 6.61 Å². The first-order valence-corrected chi connectivity index (χ1v) is 6.52. The molecule has 0 heterocycles. The predicted octanol–water partition coefficient (Wildman–Crippen LogP) is 3.02. The average Bonchev–Trinajstić information content (AvgIpc) is 2.41. The summed E-state index contributed by atoms with van der Waals surface area (Å²) in [5.74, 6) is -0.530. The molecule has 0 aliphatic rings. The van der Waals surface area contributed by atoms with Gasteiger partial charge in [0.1, 0.15) is 5.82 Å². The Morgan fingerprint density at radius 2 is 2.11 bits per heavy atom. The van der Waals surface area contributed by atoms with Crippen LogP contribution in [0.15, 0.2) is 23.4 Å². The maximum atomic E-state index is 13.4. The van der Waals surface area contributed by atoms with Crippen molar-refractivity contribution in [3.63, 3.8) is 0 Å². The highest BCUT2D eigenvalue weighted by atomic mass is 19.1. The third kappa shape index (κ3) is 5.70. The molecule has 1 aromatic rings. The quantitative estimate of drug-likeness (QED) is 0.250. The Hall–Kier alpha value is -1.62. The van der Waals surface area contributed by atoms with Crippen molar-refractivity contribution in [2.24, 2.45) is 10.9 Å². The van der Waals surface area contributed by atoms with Crippen LogP contribution >= 0.6 is 0 Å². The Morgan fingerprint density at radius 1 is 1.32 bits per heavy atom. The van der Waals surface area contributed by atoms with E-state index in [9.17, 15) is 4.39 Å². The van der Waals surface area contributed by atoms with Crippen LogP contribution in [0.5, 0.6) is 0 Å². The Balaban J connectivity index is 2.47. The maximum Gasteiger partial charge on any atom is 0.170 e. The van der Waals surface area contributed by atoms with Crippen LogP contribution in [0.1, 0.15) is 43.7 Å². The van der Waals surface area contributed by atoms with Crippen LogP contribution < -0.4 is 5.73 Å². The van der Waals surface area contributed by atoms with E-state index >= 15 is 0 Å². The minimum Gasteiger partial charge on any atom is -0.409 e. The fourth-order valence-corrected chi connectivity index (χ4v) is 1.76. The summed E-state index contributed by atoms with van der Waals surface area (Å²) in [6.45, 7) is 3.15. The van der Waals surface area contributed by atoms with Gasteiger partial charge in [0, 0.05) is 12.2 Å². The van der Waals surface area contributed by atoms with Gasteiger partial charge in [-0.2, -0.15) is 0 Å². The Bertz CT molecular complexity index is 422. The van der Waals surface area contributed by atoms with Gasteiger partial charge in [-0.05, 0) is 30.2 Å². The van der Waals surface area contributed by atoms with Crippen LogP contribution in [0, 0.1) is 5.82 Å². The summed E-state index contributed by atoms with van der Waals surface area (Å²) in [6, 6.07) is 4.27. The highest BCUT2D eigenvalue weighted by Gasteiger charge is 2.05. The summed E-state index contributed by atoms with van der Waals surface area (Å²) >= 11 is 0. The van der Waals surface area contributed by atoms with Crippen molar-refractivity contribution in [3.8, 4) is 0 Å². The van der Waals surface area contributed by atoms with E-state index in [0.717, 1.165) is 12.8 Å². The minimum absolute atomic E-state index is 0.108. The molecule has 5 heteroatoms. The van der Waals surface area contributed by atoms with E-state index in [2.05, 4.69) is 12.1 Å². The van der Waals surface area contributed by atoms with Crippen LogP contribution in [0.3, 0.4) is 0 Å². The summed E-state index contributed by atoms with van der Waals surface area (Å²) in [6.07, 6.45) is 4.55. The van der Waals surface area contributed by atoms with E-state index in [4.69, 9.17) is 15.7 Å². The normalized spacial score (nSPS) is 11.8. The van der Waals surface area contributed by atoms with Gasteiger partial charge in [0.15, 0.2) is 5.84 Å². The van der Waals surface area contributed by atoms with E-state index in [1.165, 1.54) is 25.0 Å².